The Morgan fingerprint density at radius 1 is 1.32 bits per heavy atom. The molecular weight excluding hydrogens is 244 g/mol. The Balaban J connectivity index is 2.12. The summed E-state index contributed by atoms with van der Waals surface area (Å²) in [6.07, 6.45) is 2.61. The van der Waals surface area contributed by atoms with Crippen LogP contribution >= 0.6 is 0 Å². The molecule has 2 fully saturated rings. The van der Waals surface area contributed by atoms with E-state index in [1.807, 2.05) is 6.92 Å². The van der Waals surface area contributed by atoms with Crippen molar-refractivity contribution in [3.05, 3.63) is 0 Å². The highest BCUT2D eigenvalue weighted by Gasteiger charge is 2.44. The molecule has 0 radical (unpaired) electrons. The maximum Gasteiger partial charge on any atom is 0.248 e. The minimum atomic E-state index is -0.784. The van der Waals surface area contributed by atoms with Gasteiger partial charge < -0.3 is 15.0 Å². The van der Waals surface area contributed by atoms with Crippen LogP contribution in [0.5, 0.6) is 0 Å². The van der Waals surface area contributed by atoms with E-state index in [0.717, 1.165) is 26.1 Å². The molecule has 0 aliphatic carbocycles. The zero-order valence-corrected chi connectivity index (χ0v) is 12.1. The zero-order valence-electron chi connectivity index (χ0n) is 12.1. The fourth-order valence-corrected chi connectivity index (χ4v) is 2.91. The number of rotatable bonds is 3. The second-order valence-corrected chi connectivity index (χ2v) is 6.05. The third-order valence-corrected chi connectivity index (χ3v) is 4.09. The minimum Gasteiger partial charge on any atom is -0.381 e. The number of hydrogen-bond donors (Lipinski definition) is 1. The molecule has 2 aliphatic rings. The number of carbonyl (C=O) groups excluding carboxylic acids is 2. The molecule has 2 heterocycles. The summed E-state index contributed by atoms with van der Waals surface area (Å²) in [7, 11) is 0. The van der Waals surface area contributed by atoms with Crippen LogP contribution in [0.1, 0.15) is 40.0 Å². The van der Waals surface area contributed by atoms with E-state index in [-0.39, 0.29) is 17.9 Å². The second-order valence-electron chi connectivity index (χ2n) is 6.05. The predicted octanol–water partition coefficient (Wildman–Crippen LogP) is 0.929. The number of nitrogens with one attached hydrogen (secondary N) is 1. The number of ether oxygens (including phenoxy) is 1. The van der Waals surface area contributed by atoms with Gasteiger partial charge in [0.15, 0.2) is 0 Å². The van der Waals surface area contributed by atoms with Crippen LogP contribution in [0.25, 0.3) is 0 Å². The van der Waals surface area contributed by atoms with Gasteiger partial charge in [0.25, 0.3) is 0 Å². The lowest BCUT2D eigenvalue weighted by Crippen LogP contribution is -2.68. The second kappa shape index (κ2) is 5.49. The summed E-state index contributed by atoms with van der Waals surface area (Å²) < 4.78 is 5.35. The topological polar surface area (TPSA) is 58.6 Å². The normalized spacial score (nSPS) is 28.4. The van der Waals surface area contributed by atoms with Crippen molar-refractivity contribution in [1.29, 1.82) is 0 Å². The lowest BCUT2D eigenvalue weighted by Gasteiger charge is -2.44. The number of carbonyl (C=O) groups is 2. The fraction of sp³-hybridized carbons (Fsp3) is 0.857. The van der Waals surface area contributed by atoms with Crippen molar-refractivity contribution in [2.24, 2.45) is 5.92 Å². The van der Waals surface area contributed by atoms with Gasteiger partial charge in [-0.1, -0.05) is 6.92 Å². The van der Waals surface area contributed by atoms with Gasteiger partial charge in [0.05, 0.1) is 0 Å². The molecule has 1 unspecified atom stereocenters. The Morgan fingerprint density at radius 3 is 2.53 bits per heavy atom. The van der Waals surface area contributed by atoms with E-state index < -0.39 is 5.54 Å². The van der Waals surface area contributed by atoms with Crippen molar-refractivity contribution >= 4 is 11.8 Å². The first-order chi connectivity index (χ1) is 8.95. The first-order valence-electron chi connectivity index (χ1n) is 7.16. The molecule has 0 aromatic rings. The largest absolute Gasteiger partial charge is 0.381 e. The smallest absolute Gasteiger partial charge is 0.248 e. The van der Waals surface area contributed by atoms with E-state index in [1.165, 1.54) is 0 Å². The lowest BCUT2D eigenvalue weighted by molar-refractivity contribution is -0.154. The minimum absolute atomic E-state index is 0.0286. The maximum absolute atomic E-state index is 12.5. The molecule has 0 aromatic heterocycles. The summed E-state index contributed by atoms with van der Waals surface area (Å²) in [5, 5.41) is 2.82. The third kappa shape index (κ3) is 2.91. The Labute approximate surface area is 114 Å². The van der Waals surface area contributed by atoms with E-state index in [2.05, 4.69) is 5.32 Å². The van der Waals surface area contributed by atoms with Gasteiger partial charge in [-0.15, -0.1) is 0 Å². The molecule has 1 atom stereocenters. The summed E-state index contributed by atoms with van der Waals surface area (Å²) >= 11 is 0. The Hall–Kier alpha value is -1.10. The van der Waals surface area contributed by atoms with Crippen LogP contribution in [-0.2, 0) is 14.3 Å². The highest BCUT2D eigenvalue weighted by molar-refractivity contribution is 5.99. The molecule has 2 amide bonds. The van der Waals surface area contributed by atoms with Crippen LogP contribution in [-0.4, -0.2) is 48.1 Å². The molecule has 0 spiro atoms. The summed E-state index contributed by atoms with van der Waals surface area (Å²) in [5.74, 6) is 0.457. The van der Waals surface area contributed by atoms with Crippen LogP contribution in [0.4, 0.5) is 0 Å². The van der Waals surface area contributed by atoms with Gasteiger partial charge >= 0.3 is 0 Å². The Kier molecular flexibility index (Phi) is 4.13. The third-order valence-electron chi connectivity index (χ3n) is 4.09. The quantitative estimate of drug-likeness (QED) is 0.828. The number of nitrogens with zero attached hydrogens (tertiary/aromatic N) is 1. The molecule has 2 aliphatic heterocycles. The van der Waals surface area contributed by atoms with E-state index in [9.17, 15) is 9.59 Å². The fourth-order valence-electron chi connectivity index (χ4n) is 2.91. The average molecular weight is 268 g/mol. The summed E-state index contributed by atoms with van der Waals surface area (Å²) in [6.45, 7) is 7.70. The highest BCUT2D eigenvalue weighted by Crippen LogP contribution is 2.24. The van der Waals surface area contributed by atoms with Crippen LogP contribution in [0.3, 0.4) is 0 Å². The van der Waals surface area contributed by atoms with Crippen molar-refractivity contribution in [2.45, 2.75) is 51.6 Å². The number of hydrogen-bond acceptors (Lipinski definition) is 3. The lowest BCUT2D eigenvalue weighted by atomic mass is 9.92. The van der Waals surface area contributed by atoms with Gasteiger partial charge in [0, 0.05) is 19.8 Å². The van der Waals surface area contributed by atoms with E-state index in [0.29, 0.717) is 18.9 Å². The van der Waals surface area contributed by atoms with E-state index in [1.54, 1.807) is 18.7 Å². The van der Waals surface area contributed by atoms with Crippen LogP contribution < -0.4 is 5.32 Å². The average Bonchev–Trinajstić information content (AvgIpc) is 2.37. The highest BCUT2D eigenvalue weighted by atomic mass is 16.5. The molecular formula is C14H24N2O3. The summed E-state index contributed by atoms with van der Waals surface area (Å²) in [6, 6.07) is -0.316. The van der Waals surface area contributed by atoms with Gasteiger partial charge in [0.1, 0.15) is 11.6 Å². The molecule has 19 heavy (non-hydrogen) atoms. The molecule has 5 heteroatoms. The molecule has 0 saturated carbocycles. The van der Waals surface area contributed by atoms with E-state index in [4.69, 9.17) is 4.74 Å². The molecule has 0 bridgehead atoms. The Morgan fingerprint density at radius 2 is 1.95 bits per heavy atom. The van der Waals surface area contributed by atoms with E-state index >= 15 is 0 Å². The van der Waals surface area contributed by atoms with Crippen molar-refractivity contribution in [3.8, 4) is 0 Å². The van der Waals surface area contributed by atoms with Gasteiger partial charge in [-0.05, 0) is 39.0 Å². The predicted molar refractivity (Wildman–Crippen MR) is 71.6 cm³/mol. The van der Waals surface area contributed by atoms with Crippen molar-refractivity contribution in [2.75, 3.05) is 19.8 Å². The van der Waals surface area contributed by atoms with Crippen LogP contribution in [0.15, 0.2) is 0 Å². The van der Waals surface area contributed by atoms with Crippen molar-refractivity contribution < 1.29 is 14.3 Å². The molecule has 2 saturated heterocycles. The van der Waals surface area contributed by atoms with Gasteiger partial charge in [-0.2, -0.15) is 0 Å². The molecule has 2 rings (SSSR count). The Bertz CT molecular complexity index is 362. The number of piperazine rings is 1. The van der Waals surface area contributed by atoms with Crippen molar-refractivity contribution in [1.82, 2.24) is 10.2 Å². The van der Waals surface area contributed by atoms with Gasteiger partial charge in [-0.25, -0.2) is 0 Å². The molecule has 108 valence electrons. The molecule has 0 aromatic carbocycles. The monoisotopic (exact) mass is 268 g/mol. The van der Waals surface area contributed by atoms with Crippen molar-refractivity contribution in [3.63, 3.8) is 0 Å². The standard InChI is InChI=1S/C14H24N2O3/c1-4-11-12(17)15-14(2,3)13(18)16(11)9-10-5-7-19-8-6-10/h10-11H,4-9H2,1-3H3,(H,15,17). The SMILES string of the molecule is CCC1C(=O)NC(C)(C)C(=O)N1CC1CCOCC1. The number of amides is 2. The van der Waals surface area contributed by atoms with Gasteiger partial charge in [-0.3, -0.25) is 9.59 Å². The molecule has 5 nitrogen and oxygen atoms in total. The first-order valence-corrected chi connectivity index (χ1v) is 7.16. The van der Waals surface area contributed by atoms with Crippen LogP contribution in [0, 0.1) is 5.92 Å². The first kappa shape index (κ1) is 14.3. The summed E-state index contributed by atoms with van der Waals surface area (Å²) in [4.78, 5) is 26.4. The zero-order chi connectivity index (χ0) is 14.0. The van der Waals surface area contributed by atoms with Gasteiger partial charge in [0.2, 0.25) is 11.8 Å². The maximum atomic E-state index is 12.5. The summed E-state index contributed by atoms with van der Waals surface area (Å²) in [5.41, 5.74) is -0.784. The van der Waals surface area contributed by atoms with Crippen LogP contribution in [0.2, 0.25) is 0 Å². The molecule has 1 N–H and O–H groups in total.